The van der Waals surface area contributed by atoms with Crippen molar-refractivity contribution in [3.8, 4) is 5.75 Å². The van der Waals surface area contributed by atoms with Crippen molar-refractivity contribution in [2.75, 3.05) is 29.8 Å². The Bertz CT molecular complexity index is 945. The van der Waals surface area contributed by atoms with Crippen LogP contribution in [0.25, 0.3) is 0 Å². The van der Waals surface area contributed by atoms with Crippen LogP contribution in [0.5, 0.6) is 5.75 Å². The summed E-state index contributed by atoms with van der Waals surface area (Å²) in [6.45, 7) is 2.43. The molecule has 0 unspecified atom stereocenters. The molecule has 31 heavy (non-hydrogen) atoms. The number of thioether (sulfide) groups is 1. The molecule has 0 bridgehead atoms. The molecule has 1 aliphatic carbocycles. The lowest BCUT2D eigenvalue weighted by atomic mass is 10.3. The summed E-state index contributed by atoms with van der Waals surface area (Å²) in [6, 6.07) is 15.0. The van der Waals surface area contributed by atoms with Crippen molar-refractivity contribution >= 4 is 33.4 Å². The zero-order valence-electron chi connectivity index (χ0n) is 17.8. The van der Waals surface area contributed by atoms with Crippen LogP contribution < -0.4 is 14.4 Å². The molecular weight excluding hydrogens is 432 g/mol. The molecule has 0 radical (unpaired) electrons. The maximum atomic E-state index is 13.4. The monoisotopic (exact) mass is 462 g/mol. The second-order valence-electron chi connectivity index (χ2n) is 7.35. The van der Waals surface area contributed by atoms with E-state index in [1.54, 1.807) is 42.5 Å². The van der Waals surface area contributed by atoms with E-state index in [4.69, 9.17) is 4.74 Å². The maximum absolute atomic E-state index is 13.4. The van der Waals surface area contributed by atoms with Crippen molar-refractivity contribution in [1.82, 2.24) is 5.32 Å². The van der Waals surface area contributed by atoms with Crippen LogP contribution in [0.2, 0.25) is 0 Å². The van der Waals surface area contributed by atoms with Crippen molar-refractivity contribution in [2.24, 2.45) is 0 Å². The lowest BCUT2D eigenvalue weighted by molar-refractivity contribution is -0.119. The minimum atomic E-state index is -3.95. The quantitative estimate of drug-likeness (QED) is 0.510. The number of carbonyl (C=O) groups excluding carboxylic acids is 1. The Balaban J connectivity index is 1.75. The van der Waals surface area contributed by atoms with E-state index < -0.39 is 10.0 Å². The summed E-state index contributed by atoms with van der Waals surface area (Å²) in [5.41, 5.74) is 0.351. The standard InChI is InChI=1S/C23H30N2O4S2/c1-2-29-22-15-9-8-14-21(22)25(31(27,28)20-12-4-3-5-13-20)18-23(26)24-16-17-30-19-10-6-7-11-19/h3-5,8-9,12-15,19H,2,6-7,10-11,16-18H2,1H3,(H,24,26). The highest BCUT2D eigenvalue weighted by Crippen LogP contribution is 2.32. The maximum Gasteiger partial charge on any atom is 0.264 e. The number of hydrogen-bond acceptors (Lipinski definition) is 5. The van der Waals surface area contributed by atoms with E-state index in [0.717, 1.165) is 10.1 Å². The molecule has 2 aromatic rings. The summed E-state index contributed by atoms with van der Waals surface area (Å²) in [5, 5.41) is 3.56. The minimum absolute atomic E-state index is 0.130. The molecule has 1 saturated carbocycles. The van der Waals surface area contributed by atoms with Gasteiger partial charge in [0.05, 0.1) is 17.2 Å². The Labute approximate surface area is 189 Å². The molecule has 1 fully saturated rings. The van der Waals surface area contributed by atoms with Gasteiger partial charge < -0.3 is 10.1 Å². The van der Waals surface area contributed by atoms with Crippen LogP contribution in [-0.2, 0) is 14.8 Å². The summed E-state index contributed by atoms with van der Waals surface area (Å²) >= 11 is 1.89. The molecule has 168 valence electrons. The molecule has 0 spiro atoms. The number of carbonyl (C=O) groups is 1. The first-order valence-electron chi connectivity index (χ1n) is 10.7. The van der Waals surface area contributed by atoms with E-state index in [9.17, 15) is 13.2 Å². The number of nitrogens with zero attached hydrogens (tertiary/aromatic N) is 1. The van der Waals surface area contributed by atoms with Gasteiger partial charge in [-0.15, -0.1) is 0 Å². The summed E-state index contributed by atoms with van der Waals surface area (Å²) in [4.78, 5) is 12.8. The van der Waals surface area contributed by atoms with Gasteiger partial charge in [0.2, 0.25) is 5.91 Å². The normalized spacial score (nSPS) is 14.4. The Morgan fingerprint density at radius 1 is 1.10 bits per heavy atom. The molecule has 8 heteroatoms. The average molecular weight is 463 g/mol. The number of hydrogen-bond donors (Lipinski definition) is 1. The fourth-order valence-corrected chi connectivity index (χ4v) is 6.29. The van der Waals surface area contributed by atoms with Gasteiger partial charge in [0, 0.05) is 17.5 Å². The third-order valence-corrected chi connectivity index (χ3v) is 8.29. The lowest BCUT2D eigenvalue weighted by Crippen LogP contribution is -2.41. The molecule has 6 nitrogen and oxygen atoms in total. The van der Waals surface area contributed by atoms with E-state index in [-0.39, 0.29) is 17.3 Å². The largest absolute Gasteiger partial charge is 0.492 e. The Hall–Kier alpha value is -2.19. The van der Waals surface area contributed by atoms with E-state index in [0.29, 0.717) is 29.8 Å². The number of ether oxygens (including phenoxy) is 1. The Morgan fingerprint density at radius 2 is 1.77 bits per heavy atom. The zero-order valence-corrected chi connectivity index (χ0v) is 19.5. The van der Waals surface area contributed by atoms with Crippen LogP contribution in [-0.4, -0.2) is 45.0 Å². The van der Waals surface area contributed by atoms with Crippen LogP contribution >= 0.6 is 11.8 Å². The van der Waals surface area contributed by atoms with E-state index in [2.05, 4.69) is 5.32 Å². The van der Waals surface area contributed by atoms with Gasteiger partial charge in [-0.25, -0.2) is 8.42 Å². The molecule has 0 atom stereocenters. The SMILES string of the molecule is CCOc1ccccc1N(CC(=O)NCCSC1CCCC1)S(=O)(=O)c1ccccc1. The van der Waals surface area contributed by atoms with Crippen LogP contribution in [0, 0.1) is 0 Å². The number of nitrogens with one attached hydrogen (secondary N) is 1. The van der Waals surface area contributed by atoms with Crippen LogP contribution in [0.4, 0.5) is 5.69 Å². The molecule has 0 aromatic heterocycles. The first-order chi connectivity index (χ1) is 15.0. The molecular formula is C23H30N2O4S2. The number of anilines is 1. The number of para-hydroxylation sites is 2. The highest BCUT2D eigenvalue weighted by atomic mass is 32.2. The lowest BCUT2D eigenvalue weighted by Gasteiger charge is -2.26. The number of benzene rings is 2. The van der Waals surface area contributed by atoms with Gasteiger partial charge in [0.15, 0.2) is 0 Å². The van der Waals surface area contributed by atoms with Gasteiger partial charge in [-0.05, 0) is 44.0 Å². The third kappa shape index (κ3) is 6.40. The van der Waals surface area contributed by atoms with Gasteiger partial charge >= 0.3 is 0 Å². The van der Waals surface area contributed by atoms with Crippen molar-refractivity contribution in [1.29, 1.82) is 0 Å². The minimum Gasteiger partial charge on any atom is -0.492 e. The first kappa shape index (κ1) is 23.5. The molecule has 0 heterocycles. The highest BCUT2D eigenvalue weighted by Gasteiger charge is 2.29. The first-order valence-corrected chi connectivity index (χ1v) is 13.2. The molecule has 2 aromatic carbocycles. The van der Waals surface area contributed by atoms with Gasteiger partial charge in [-0.1, -0.05) is 43.2 Å². The summed E-state index contributed by atoms with van der Waals surface area (Å²) < 4.78 is 33.6. The molecule has 1 aliphatic rings. The fourth-order valence-electron chi connectivity index (χ4n) is 3.62. The van der Waals surface area contributed by atoms with Gasteiger partial charge in [0.25, 0.3) is 10.0 Å². The predicted molar refractivity (Wildman–Crippen MR) is 126 cm³/mol. The van der Waals surface area contributed by atoms with E-state index in [1.165, 1.54) is 37.8 Å². The Kier molecular flexibility index (Phi) is 8.66. The summed E-state index contributed by atoms with van der Waals surface area (Å²) in [7, 11) is -3.95. The molecule has 0 saturated heterocycles. The Morgan fingerprint density at radius 3 is 2.48 bits per heavy atom. The van der Waals surface area contributed by atoms with Crippen molar-refractivity contribution < 1.29 is 17.9 Å². The topological polar surface area (TPSA) is 75.7 Å². The third-order valence-electron chi connectivity index (χ3n) is 5.13. The number of rotatable bonds is 11. The predicted octanol–water partition coefficient (Wildman–Crippen LogP) is 4.07. The zero-order chi connectivity index (χ0) is 22.1. The van der Waals surface area contributed by atoms with Crippen LogP contribution in [0.15, 0.2) is 59.5 Å². The van der Waals surface area contributed by atoms with E-state index >= 15 is 0 Å². The van der Waals surface area contributed by atoms with Gasteiger partial charge in [-0.3, -0.25) is 9.10 Å². The fraction of sp³-hybridized carbons (Fsp3) is 0.435. The van der Waals surface area contributed by atoms with Crippen molar-refractivity contribution in [3.05, 3.63) is 54.6 Å². The highest BCUT2D eigenvalue weighted by molar-refractivity contribution is 7.99. The molecule has 3 rings (SSSR count). The second-order valence-corrected chi connectivity index (χ2v) is 10.6. The number of amides is 1. The number of sulfonamides is 1. The van der Waals surface area contributed by atoms with Gasteiger partial charge in [0.1, 0.15) is 12.3 Å². The average Bonchev–Trinajstić information content (AvgIpc) is 3.30. The summed E-state index contributed by atoms with van der Waals surface area (Å²) in [6.07, 6.45) is 5.07. The van der Waals surface area contributed by atoms with Crippen molar-refractivity contribution in [3.63, 3.8) is 0 Å². The van der Waals surface area contributed by atoms with Crippen molar-refractivity contribution in [2.45, 2.75) is 42.8 Å². The smallest absolute Gasteiger partial charge is 0.264 e. The molecule has 0 aliphatic heterocycles. The van der Waals surface area contributed by atoms with Gasteiger partial charge in [-0.2, -0.15) is 11.8 Å². The molecule has 1 N–H and O–H groups in total. The van der Waals surface area contributed by atoms with Crippen LogP contribution in [0.3, 0.4) is 0 Å². The van der Waals surface area contributed by atoms with Crippen LogP contribution in [0.1, 0.15) is 32.6 Å². The summed E-state index contributed by atoms with van der Waals surface area (Å²) in [5.74, 6) is 0.920. The van der Waals surface area contributed by atoms with E-state index in [1.807, 2.05) is 18.7 Å². The second kappa shape index (κ2) is 11.4. The molecule has 1 amide bonds.